The molecule has 3 heteroatoms. The number of piperidine rings is 1. The number of rotatable bonds is 4. The van der Waals surface area contributed by atoms with Crippen LogP contribution in [0.25, 0.3) is 0 Å². The van der Waals surface area contributed by atoms with Gasteiger partial charge < -0.3 is 5.73 Å². The van der Waals surface area contributed by atoms with Crippen LogP contribution in [0.5, 0.6) is 0 Å². The highest BCUT2D eigenvalue weighted by atomic mass is 79.9. The van der Waals surface area contributed by atoms with E-state index in [9.17, 15) is 0 Å². The van der Waals surface area contributed by atoms with Gasteiger partial charge in [-0.15, -0.1) is 0 Å². The number of likely N-dealkylation sites (tertiary alicyclic amines) is 1. The van der Waals surface area contributed by atoms with Gasteiger partial charge in [-0.2, -0.15) is 0 Å². The van der Waals surface area contributed by atoms with E-state index in [0.717, 1.165) is 0 Å². The Bertz CT molecular complexity index is 405. The van der Waals surface area contributed by atoms with Gasteiger partial charge >= 0.3 is 0 Å². The van der Waals surface area contributed by atoms with Crippen LogP contribution in [0, 0.1) is 0 Å². The van der Waals surface area contributed by atoms with Gasteiger partial charge in [0, 0.05) is 16.6 Å². The Hall–Kier alpha value is -0.380. The molecule has 1 aromatic rings. The maximum Gasteiger partial charge on any atom is 0.0510 e. The van der Waals surface area contributed by atoms with Crippen LogP contribution in [0.3, 0.4) is 0 Å². The van der Waals surface area contributed by atoms with E-state index in [-0.39, 0.29) is 6.04 Å². The Kier molecular flexibility index (Phi) is 5.43. The zero-order valence-corrected chi connectivity index (χ0v) is 13.6. The molecule has 1 fully saturated rings. The molecule has 1 aromatic carbocycles. The van der Waals surface area contributed by atoms with Crippen molar-refractivity contribution in [3.63, 3.8) is 0 Å². The minimum atomic E-state index is 0.144. The maximum atomic E-state index is 6.32. The molecular formula is C16H25BrN2. The van der Waals surface area contributed by atoms with Gasteiger partial charge in [-0.05, 0) is 44.4 Å². The first kappa shape index (κ1) is 15.0. The zero-order valence-electron chi connectivity index (χ0n) is 12.0. The fourth-order valence-electron chi connectivity index (χ4n) is 3.31. The van der Waals surface area contributed by atoms with Crippen LogP contribution in [-0.2, 0) is 0 Å². The minimum Gasteiger partial charge on any atom is -0.326 e. The Balaban J connectivity index is 2.32. The summed E-state index contributed by atoms with van der Waals surface area (Å²) in [5, 5.41) is 0. The highest BCUT2D eigenvalue weighted by Gasteiger charge is 2.31. The van der Waals surface area contributed by atoms with Crippen LogP contribution in [0.2, 0.25) is 0 Å². The summed E-state index contributed by atoms with van der Waals surface area (Å²) in [7, 11) is 0. The van der Waals surface area contributed by atoms with Gasteiger partial charge in [0.05, 0.1) is 6.04 Å². The van der Waals surface area contributed by atoms with Crippen LogP contribution in [0.1, 0.15) is 51.1 Å². The van der Waals surface area contributed by atoms with E-state index in [4.69, 9.17) is 5.73 Å². The number of hydrogen-bond donors (Lipinski definition) is 1. The third kappa shape index (κ3) is 3.39. The number of hydrogen-bond acceptors (Lipinski definition) is 2. The highest BCUT2D eigenvalue weighted by Crippen LogP contribution is 2.35. The molecule has 2 N–H and O–H groups in total. The van der Waals surface area contributed by atoms with Gasteiger partial charge in [0.25, 0.3) is 0 Å². The van der Waals surface area contributed by atoms with Crippen LogP contribution in [-0.4, -0.2) is 23.5 Å². The minimum absolute atomic E-state index is 0.144. The topological polar surface area (TPSA) is 29.3 Å². The van der Waals surface area contributed by atoms with Crippen LogP contribution in [0.15, 0.2) is 28.7 Å². The summed E-state index contributed by atoms with van der Waals surface area (Å²) in [6.45, 7) is 5.60. The van der Waals surface area contributed by atoms with Gasteiger partial charge in [0.15, 0.2) is 0 Å². The van der Waals surface area contributed by atoms with Crippen LogP contribution >= 0.6 is 15.9 Å². The van der Waals surface area contributed by atoms with E-state index in [2.05, 4.69) is 58.9 Å². The Morgan fingerprint density at radius 1 is 1.37 bits per heavy atom. The number of halogens is 1. The van der Waals surface area contributed by atoms with Crippen LogP contribution < -0.4 is 5.73 Å². The second-order valence-electron chi connectivity index (χ2n) is 5.62. The van der Waals surface area contributed by atoms with Gasteiger partial charge in [-0.25, -0.2) is 0 Å². The molecule has 3 unspecified atom stereocenters. The summed E-state index contributed by atoms with van der Waals surface area (Å²) in [6, 6.07) is 9.65. The van der Waals surface area contributed by atoms with E-state index in [0.29, 0.717) is 12.1 Å². The quantitative estimate of drug-likeness (QED) is 0.903. The lowest BCUT2D eigenvalue weighted by molar-refractivity contribution is 0.0794. The smallest absolute Gasteiger partial charge is 0.0510 e. The third-order valence-corrected chi connectivity index (χ3v) is 4.95. The molecule has 2 rings (SSSR count). The second kappa shape index (κ2) is 6.87. The average Bonchev–Trinajstić information content (AvgIpc) is 2.41. The van der Waals surface area contributed by atoms with Crippen molar-refractivity contribution >= 4 is 15.9 Å². The molecule has 0 bridgehead atoms. The van der Waals surface area contributed by atoms with Gasteiger partial charge in [0.1, 0.15) is 0 Å². The second-order valence-corrected chi connectivity index (χ2v) is 6.48. The van der Waals surface area contributed by atoms with Gasteiger partial charge in [-0.3, -0.25) is 4.90 Å². The number of nitrogens with zero attached hydrogens (tertiary/aromatic N) is 1. The Labute approximate surface area is 125 Å². The molecule has 19 heavy (non-hydrogen) atoms. The molecule has 0 radical (unpaired) electrons. The summed E-state index contributed by atoms with van der Waals surface area (Å²) in [4.78, 5) is 2.63. The van der Waals surface area contributed by atoms with Crippen molar-refractivity contribution in [1.29, 1.82) is 0 Å². The monoisotopic (exact) mass is 324 g/mol. The van der Waals surface area contributed by atoms with Crippen molar-refractivity contribution in [3.05, 3.63) is 34.3 Å². The lowest BCUT2D eigenvalue weighted by Crippen LogP contribution is -2.47. The third-order valence-electron chi connectivity index (χ3n) is 4.22. The lowest BCUT2D eigenvalue weighted by atomic mass is 9.92. The molecule has 0 spiro atoms. The summed E-state index contributed by atoms with van der Waals surface area (Å²) in [5.74, 6) is 0. The fraction of sp³-hybridized carbons (Fsp3) is 0.625. The molecule has 2 nitrogen and oxygen atoms in total. The Morgan fingerprint density at radius 2 is 2.11 bits per heavy atom. The predicted molar refractivity (Wildman–Crippen MR) is 85.2 cm³/mol. The Morgan fingerprint density at radius 3 is 2.74 bits per heavy atom. The van der Waals surface area contributed by atoms with E-state index in [1.807, 2.05) is 0 Å². The van der Waals surface area contributed by atoms with Crippen molar-refractivity contribution in [2.75, 3.05) is 6.54 Å². The molecule has 0 aliphatic carbocycles. The highest BCUT2D eigenvalue weighted by molar-refractivity contribution is 9.10. The maximum absolute atomic E-state index is 6.32. The lowest BCUT2D eigenvalue weighted by Gasteiger charge is -2.43. The molecule has 106 valence electrons. The van der Waals surface area contributed by atoms with E-state index >= 15 is 0 Å². The summed E-state index contributed by atoms with van der Waals surface area (Å²) < 4.78 is 1.18. The number of nitrogens with two attached hydrogens (primary N) is 1. The molecule has 1 aliphatic rings. The molecule has 0 amide bonds. The fourth-order valence-corrected chi connectivity index (χ4v) is 3.83. The summed E-state index contributed by atoms with van der Waals surface area (Å²) >= 11 is 3.69. The van der Waals surface area contributed by atoms with Crippen molar-refractivity contribution in [3.8, 4) is 0 Å². The normalized spacial score (nSPS) is 24.1. The molecule has 0 aromatic heterocycles. The zero-order chi connectivity index (χ0) is 13.8. The van der Waals surface area contributed by atoms with Crippen molar-refractivity contribution in [1.82, 2.24) is 4.90 Å². The molecular weight excluding hydrogens is 300 g/mol. The average molecular weight is 325 g/mol. The first-order valence-corrected chi connectivity index (χ1v) is 8.20. The number of benzene rings is 1. The molecule has 1 aliphatic heterocycles. The largest absolute Gasteiger partial charge is 0.326 e. The first-order chi connectivity index (χ1) is 9.15. The van der Waals surface area contributed by atoms with Crippen molar-refractivity contribution in [2.45, 2.75) is 57.7 Å². The van der Waals surface area contributed by atoms with Crippen molar-refractivity contribution in [2.24, 2.45) is 5.73 Å². The SMILES string of the molecule is CCC1CCCCN1C(c1ccccc1Br)C(C)N. The predicted octanol–water partition coefficient (Wildman–Crippen LogP) is 4.10. The van der Waals surface area contributed by atoms with Crippen LogP contribution in [0.4, 0.5) is 0 Å². The molecule has 1 saturated heterocycles. The van der Waals surface area contributed by atoms with E-state index < -0.39 is 0 Å². The standard InChI is InChI=1S/C16H25BrN2/c1-3-13-8-6-7-11-19(13)16(12(2)18)14-9-4-5-10-15(14)17/h4-5,9-10,12-13,16H,3,6-8,11,18H2,1-2H3. The van der Waals surface area contributed by atoms with E-state index in [1.54, 1.807) is 0 Å². The van der Waals surface area contributed by atoms with Gasteiger partial charge in [0.2, 0.25) is 0 Å². The molecule has 0 saturated carbocycles. The summed E-state index contributed by atoms with van der Waals surface area (Å²) in [5.41, 5.74) is 7.65. The first-order valence-electron chi connectivity index (χ1n) is 7.41. The summed E-state index contributed by atoms with van der Waals surface area (Å²) in [6.07, 6.45) is 5.18. The van der Waals surface area contributed by atoms with Crippen molar-refractivity contribution < 1.29 is 0 Å². The van der Waals surface area contributed by atoms with E-state index in [1.165, 1.54) is 42.3 Å². The molecule has 1 heterocycles. The van der Waals surface area contributed by atoms with Gasteiger partial charge in [-0.1, -0.05) is 47.5 Å². The molecule has 3 atom stereocenters.